The molecular formula is C18H25N3O3. The van der Waals surface area contributed by atoms with Gasteiger partial charge in [-0.15, -0.1) is 0 Å². The summed E-state index contributed by atoms with van der Waals surface area (Å²) >= 11 is 0. The van der Waals surface area contributed by atoms with Gasteiger partial charge in [-0.2, -0.15) is 0 Å². The Morgan fingerprint density at radius 3 is 2.67 bits per heavy atom. The second-order valence-corrected chi connectivity index (χ2v) is 6.79. The van der Waals surface area contributed by atoms with Crippen LogP contribution >= 0.6 is 0 Å². The highest BCUT2D eigenvalue weighted by Gasteiger charge is 2.33. The fourth-order valence-corrected chi connectivity index (χ4v) is 3.38. The van der Waals surface area contributed by atoms with Crippen LogP contribution in [0.5, 0.6) is 5.75 Å². The van der Waals surface area contributed by atoms with Crippen LogP contribution in [0.1, 0.15) is 31.2 Å². The van der Waals surface area contributed by atoms with Gasteiger partial charge in [-0.25, -0.2) is 0 Å². The molecule has 3 rings (SSSR count). The molecule has 2 amide bonds. The van der Waals surface area contributed by atoms with E-state index in [9.17, 15) is 9.59 Å². The lowest BCUT2D eigenvalue weighted by Gasteiger charge is -2.36. The number of piperidine rings is 2. The van der Waals surface area contributed by atoms with Crippen molar-refractivity contribution in [3.8, 4) is 5.75 Å². The number of carbonyl (C=O) groups excluding carboxylic acids is 2. The summed E-state index contributed by atoms with van der Waals surface area (Å²) in [6.07, 6.45) is 6.44. The Balaban J connectivity index is 1.51. The van der Waals surface area contributed by atoms with Crippen LogP contribution in [0, 0.1) is 12.8 Å². The average molecular weight is 331 g/mol. The largest absolute Gasteiger partial charge is 0.490 e. The highest BCUT2D eigenvalue weighted by Crippen LogP contribution is 2.25. The van der Waals surface area contributed by atoms with Gasteiger partial charge in [0.15, 0.2) is 0 Å². The number of rotatable bonds is 3. The summed E-state index contributed by atoms with van der Waals surface area (Å²) in [5.41, 5.74) is 1.03. The zero-order chi connectivity index (χ0) is 17.1. The number of nitrogens with zero attached hydrogens (tertiary/aromatic N) is 3. The minimum atomic E-state index is -0.145. The molecular weight excluding hydrogens is 306 g/mol. The zero-order valence-corrected chi connectivity index (χ0v) is 14.4. The minimum absolute atomic E-state index is 0.0750. The van der Waals surface area contributed by atoms with Crippen molar-refractivity contribution in [2.75, 3.05) is 26.7 Å². The molecule has 0 N–H and O–H groups in total. The molecule has 6 nitrogen and oxygen atoms in total. The SMILES string of the molecule is Cc1cnccc1OC1CCN(C(=O)C2CCN(C)C(=O)C2)CC1. The van der Waals surface area contributed by atoms with Crippen LogP contribution < -0.4 is 4.74 Å². The molecule has 130 valence electrons. The molecule has 1 aromatic heterocycles. The molecule has 0 aliphatic carbocycles. The van der Waals surface area contributed by atoms with Crippen molar-refractivity contribution < 1.29 is 14.3 Å². The molecule has 24 heavy (non-hydrogen) atoms. The van der Waals surface area contributed by atoms with Crippen molar-refractivity contribution >= 4 is 11.8 Å². The van der Waals surface area contributed by atoms with Gasteiger partial charge in [0.05, 0.1) is 0 Å². The van der Waals surface area contributed by atoms with Gasteiger partial charge in [0.25, 0.3) is 0 Å². The van der Waals surface area contributed by atoms with Crippen LogP contribution in [0.15, 0.2) is 18.5 Å². The first-order valence-corrected chi connectivity index (χ1v) is 8.64. The van der Waals surface area contributed by atoms with E-state index in [-0.39, 0.29) is 23.8 Å². The van der Waals surface area contributed by atoms with Gasteiger partial charge in [-0.1, -0.05) is 0 Å². The first kappa shape index (κ1) is 16.7. The lowest BCUT2D eigenvalue weighted by molar-refractivity contribution is -0.145. The standard InChI is InChI=1S/C18H25N3O3/c1-13-12-19-7-3-16(13)24-15-5-9-21(10-6-15)18(23)14-4-8-20(2)17(22)11-14/h3,7,12,14-15H,4-6,8-11H2,1-2H3. The number of aryl methyl sites for hydroxylation is 1. The van der Waals surface area contributed by atoms with Gasteiger partial charge in [0.2, 0.25) is 11.8 Å². The number of ether oxygens (including phenoxy) is 1. The number of amides is 2. The van der Waals surface area contributed by atoms with Gasteiger partial charge < -0.3 is 14.5 Å². The smallest absolute Gasteiger partial charge is 0.226 e. The molecule has 0 saturated carbocycles. The first-order chi connectivity index (χ1) is 11.5. The number of hydrogen-bond acceptors (Lipinski definition) is 4. The minimum Gasteiger partial charge on any atom is -0.490 e. The Bertz CT molecular complexity index is 611. The van der Waals surface area contributed by atoms with E-state index in [1.807, 2.05) is 17.9 Å². The van der Waals surface area contributed by atoms with Crippen molar-refractivity contribution in [3.63, 3.8) is 0 Å². The Labute approximate surface area is 142 Å². The fraction of sp³-hybridized carbons (Fsp3) is 0.611. The fourth-order valence-electron chi connectivity index (χ4n) is 3.38. The Morgan fingerprint density at radius 1 is 1.25 bits per heavy atom. The molecule has 3 heterocycles. The van der Waals surface area contributed by atoms with E-state index in [1.165, 1.54) is 0 Å². The number of pyridine rings is 1. The molecule has 2 saturated heterocycles. The Kier molecular flexibility index (Phi) is 5.02. The molecule has 1 atom stereocenters. The third-order valence-corrected chi connectivity index (χ3v) is 5.03. The lowest BCUT2D eigenvalue weighted by Crippen LogP contribution is -2.47. The normalized spacial score (nSPS) is 22.6. The van der Waals surface area contributed by atoms with Crippen molar-refractivity contribution in [3.05, 3.63) is 24.0 Å². The lowest BCUT2D eigenvalue weighted by atomic mass is 9.94. The summed E-state index contributed by atoms with van der Waals surface area (Å²) in [4.78, 5) is 32.1. The molecule has 0 bridgehead atoms. The van der Waals surface area contributed by atoms with E-state index < -0.39 is 0 Å². The highest BCUT2D eigenvalue weighted by atomic mass is 16.5. The van der Waals surface area contributed by atoms with Crippen molar-refractivity contribution in [1.29, 1.82) is 0 Å². The monoisotopic (exact) mass is 331 g/mol. The second kappa shape index (κ2) is 7.20. The predicted octanol–water partition coefficient (Wildman–Crippen LogP) is 1.63. The summed E-state index contributed by atoms with van der Waals surface area (Å²) in [6, 6.07) is 1.89. The van der Waals surface area contributed by atoms with Crippen LogP contribution in [0.25, 0.3) is 0 Å². The summed E-state index contributed by atoms with van der Waals surface area (Å²) in [7, 11) is 1.80. The molecule has 2 aliphatic heterocycles. The van der Waals surface area contributed by atoms with Crippen molar-refractivity contribution in [2.45, 2.75) is 38.7 Å². The van der Waals surface area contributed by atoms with Crippen molar-refractivity contribution in [2.24, 2.45) is 5.92 Å². The molecule has 0 radical (unpaired) electrons. The molecule has 1 unspecified atom stereocenters. The van der Waals surface area contributed by atoms with Crippen LogP contribution in [0.2, 0.25) is 0 Å². The molecule has 6 heteroatoms. The summed E-state index contributed by atoms with van der Waals surface area (Å²) in [5, 5.41) is 0. The number of carbonyl (C=O) groups is 2. The Hall–Kier alpha value is -2.11. The van der Waals surface area contributed by atoms with E-state index in [4.69, 9.17) is 4.74 Å². The van der Waals surface area contributed by atoms with E-state index in [2.05, 4.69) is 4.98 Å². The summed E-state index contributed by atoms with van der Waals surface area (Å²) < 4.78 is 6.05. The predicted molar refractivity (Wildman–Crippen MR) is 89.6 cm³/mol. The second-order valence-electron chi connectivity index (χ2n) is 6.79. The number of aromatic nitrogens is 1. The molecule has 0 spiro atoms. The zero-order valence-electron chi connectivity index (χ0n) is 14.4. The number of likely N-dealkylation sites (tertiary alicyclic amines) is 2. The topological polar surface area (TPSA) is 62.7 Å². The summed E-state index contributed by atoms with van der Waals surface area (Å²) in [6.45, 7) is 4.07. The maximum absolute atomic E-state index is 12.6. The quantitative estimate of drug-likeness (QED) is 0.844. The molecule has 2 fully saturated rings. The van der Waals surface area contributed by atoms with Crippen LogP contribution in [-0.4, -0.2) is 59.4 Å². The maximum atomic E-state index is 12.6. The highest BCUT2D eigenvalue weighted by molar-refractivity contribution is 5.86. The van der Waals surface area contributed by atoms with Crippen LogP contribution in [0.3, 0.4) is 0 Å². The molecule has 0 aromatic carbocycles. The van der Waals surface area contributed by atoms with E-state index in [1.54, 1.807) is 24.3 Å². The third-order valence-electron chi connectivity index (χ3n) is 5.03. The van der Waals surface area contributed by atoms with E-state index >= 15 is 0 Å². The summed E-state index contributed by atoms with van der Waals surface area (Å²) in [5.74, 6) is 0.935. The third kappa shape index (κ3) is 3.68. The average Bonchev–Trinajstić information content (AvgIpc) is 2.59. The van der Waals surface area contributed by atoms with Crippen LogP contribution in [-0.2, 0) is 9.59 Å². The van der Waals surface area contributed by atoms with Gasteiger partial charge in [0.1, 0.15) is 11.9 Å². The number of hydrogen-bond donors (Lipinski definition) is 0. The Morgan fingerprint density at radius 2 is 2.00 bits per heavy atom. The van der Waals surface area contributed by atoms with E-state index in [0.717, 1.165) is 30.6 Å². The van der Waals surface area contributed by atoms with Gasteiger partial charge in [-0.05, 0) is 19.4 Å². The van der Waals surface area contributed by atoms with Gasteiger partial charge >= 0.3 is 0 Å². The maximum Gasteiger partial charge on any atom is 0.226 e. The van der Waals surface area contributed by atoms with Gasteiger partial charge in [-0.3, -0.25) is 14.6 Å². The van der Waals surface area contributed by atoms with E-state index in [0.29, 0.717) is 26.1 Å². The first-order valence-electron chi connectivity index (χ1n) is 8.64. The molecule has 1 aromatic rings. The van der Waals surface area contributed by atoms with Crippen molar-refractivity contribution in [1.82, 2.24) is 14.8 Å². The van der Waals surface area contributed by atoms with Crippen LogP contribution in [0.4, 0.5) is 0 Å². The molecule has 2 aliphatic rings. The van der Waals surface area contributed by atoms with Gasteiger partial charge in [0, 0.05) is 69.8 Å².